The van der Waals surface area contributed by atoms with Crippen molar-refractivity contribution in [3.63, 3.8) is 0 Å². The molecule has 0 aliphatic carbocycles. The van der Waals surface area contributed by atoms with Crippen molar-refractivity contribution in [1.82, 2.24) is 26.6 Å². The highest BCUT2D eigenvalue weighted by atomic mass is 16.8. The van der Waals surface area contributed by atoms with Crippen molar-refractivity contribution >= 4 is 29.5 Å². The third kappa shape index (κ3) is 19.2. The van der Waals surface area contributed by atoms with Crippen molar-refractivity contribution in [1.29, 1.82) is 0 Å². The fourth-order valence-corrected chi connectivity index (χ4v) is 13.4. The summed E-state index contributed by atoms with van der Waals surface area (Å²) in [4.78, 5) is 63.4. The summed E-state index contributed by atoms with van der Waals surface area (Å²) in [6.45, 7) is -3.38. The monoisotopic (exact) mass is 1520 g/mol. The van der Waals surface area contributed by atoms with Crippen LogP contribution in [0.5, 0.6) is 0 Å². The van der Waals surface area contributed by atoms with Crippen molar-refractivity contribution in [3.8, 4) is 0 Å². The Bertz CT molecular complexity index is 2770. The molecule has 8 rings (SSSR count). The predicted octanol–water partition coefficient (Wildman–Crippen LogP) is -17.7. The van der Waals surface area contributed by atoms with Crippen molar-refractivity contribution in [2.24, 2.45) is 0 Å². The summed E-state index contributed by atoms with van der Waals surface area (Å²) in [5.74, 6) is -4.36. The smallest absolute Gasteiger partial charge is 0.217 e. The molecule has 0 spiro atoms. The summed E-state index contributed by atoms with van der Waals surface area (Å²) in [5, 5.41) is 244. The first-order valence-corrected chi connectivity index (χ1v) is 33.1. The SMILES string of the molecule is CC(=O)N[C@@H]1[C@@H](O[C@@H]2O[C@H](CO)[C@H](O)[C@H](O[C@@H]3O[C@H](CO)[C@@H](O[C@@H]4O[C@H](CO[C@@H]5O[C@H](CO)[C@@H](O[C@@H]6O[C@H](CO)[C@H](O)[C@H](O)[C@H]6O)[C@H](O)[C@H]5NC(C)=O)[C@H](O)[C@H](O[C@@H]5O[C@H](CO)[C@@H](O[C@@H]6O[C@H](CO)[C@@H](O)[C@H](O)[C@H]6NC(C)=O)[C@H](O)[C@H]5NC(C)=O)[C@H]4O)[C@H](O)[C@H]3NC(C)=O)[C@H]2O)[C@@H](O)[C@@H](CO)O[C@@H]1O. The van der Waals surface area contributed by atoms with Gasteiger partial charge >= 0.3 is 0 Å². The molecule has 0 saturated carbocycles. The van der Waals surface area contributed by atoms with E-state index in [1.165, 1.54) is 0 Å². The molecule has 40 atom stereocenters. The first-order chi connectivity index (χ1) is 49.2. The minimum atomic E-state index is -2.47. The van der Waals surface area contributed by atoms with Crippen LogP contribution in [0.4, 0.5) is 0 Å². The topological polar surface area (TPSA) is 709 Å². The Labute approximate surface area is 589 Å². The molecule has 0 aromatic carbocycles. The van der Waals surface area contributed by atoms with Gasteiger partial charge < -0.3 is 205 Å². The Morgan fingerprint density at radius 1 is 0.250 bits per heavy atom. The molecular weight excluding hydrogens is 1420 g/mol. The third-order valence-electron chi connectivity index (χ3n) is 18.6. The van der Waals surface area contributed by atoms with Gasteiger partial charge in [0, 0.05) is 34.6 Å². The van der Waals surface area contributed by atoms with Gasteiger partial charge in [-0.15, -0.1) is 0 Å². The molecule has 0 aromatic heterocycles. The molecular formula is C58H97N5O41. The maximum absolute atomic E-state index is 13.1. The van der Waals surface area contributed by atoms with E-state index in [1.54, 1.807) is 0 Å². The van der Waals surface area contributed by atoms with Gasteiger partial charge in [0.15, 0.2) is 50.3 Å². The van der Waals surface area contributed by atoms with E-state index in [1.807, 2.05) is 0 Å². The normalized spacial score (nSPS) is 47.2. The lowest BCUT2D eigenvalue weighted by molar-refractivity contribution is -0.386. The minimum absolute atomic E-state index is 0.787. The largest absolute Gasteiger partial charge is 0.394 e. The fraction of sp³-hybridized carbons (Fsp3) is 0.914. The van der Waals surface area contributed by atoms with Crippen LogP contribution >= 0.6 is 0 Å². The summed E-state index contributed by atoms with van der Waals surface area (Å²) in [6, 6.07) is -8.98. The molecule has 8 aliphatic rings. The van der Waals surface area contributed by atoms with Crippen LogP contribution in [-0.2, 0) is 95.0 Å². The van der Waals surface area contributed by atoms with Gasteiger partial charge in [-0.1, -0.05) is 0 Å². The van der Waals surface area contributed by atoms with E-state index in [0.717, 1.165) is 34.6 Å². The van der Waals surface area contributed by atoms with Gasteiger partial charge in [0.1, 0.15) is 195 Å². The van der Waals surface area contributed by atoms with E-state index >= 15 is 0 Å². The summed E-state index contributed by atoms with van der Waals surface area (Å²) in [5.41, 5.74) is 0. The highest BCUT2D eigenvalue weighted by Gasteiger charge is 2.60. The molecule has 0 aromatic rings. The van der Waals surface area contributed by atoms with Gasteiger partial charge in [-0.25, -0.2) is 0 Å². The summed E-state index contributed by atoms with van der Waals surface area (Å²) in [6.07, 6.45) is -69.8. The lowest BCUT2D eigenvalue weighted by Gasteiger charge is -2.51. The Morgan fingerprint density at radius 2 is 0.510 bits per heavy atom. The van der Waals surface area contributed by atoms with Crippen LogP contribution < -0.4 is 26.6 Å². The molecule has 8 saturated heterocycles. The Morgan fingerprint density at radius 3 is 0.904 bits per heavy atom. The van der Waals surface area contributed by atoms with Gasteiger partial charge in [-0.05, 0) is 0 Å². The number of rotatable bonds is 27. The first kappa shape index (κ1) is 85.5. The second-order valence-electron chi connectivity index (χ2n) is 26.1. The second-order valence-corrected chi connectivity index (χ2v) is 26.1. The molecule has 26 N–H and O–H groups in total. The van der Waals surface area contributed by atoms with E-state index in [4.69, 9.17) is 71.1 Å². The van der Waals surface area contributed by atoms with Gasteiger partial charge in [0.2, 0.25) is 29.5 Å². The van der Waals surface area contributed by atoms with Gasteiger partial charge in [-0.2, -0.15) is 0 Å². The molecule has 0 radical (unpaired) electrons. The van der Waals surface area contributed by atoms with Gasteiger partial charge in [-0.3, -0.25) is 24.0 Å². The molecule has 8 aliphatic heterocycles. The number of ether oxygens (including phenoxy) is 15. The van der Waals surface area contributed by atoms with Gasteiger partial charge in [0.25, 0.3) is 0 Å². The summed E-state index contributed by atoms with van der Waals surface area (Å²) in [7, 11) is 0. The Kier molecular flexibility index (Phi) is 30.9. The van der Waals surface area contributed by atoms with E-state index < -0.39 is 328 Å². The second kappa shape index (κ2) is 37.5. The molecule has 0 unspecified atom stereocenters. The van der Waals surface area contributed by atoms with Crippen LogP contribution in [-0.4, -0.2) is 435 Å². The summed E-state index contributed by atoms with van der Waals surface area (Å²) >= 11 is 0. The molecule has 8 fully saturated rings. The van der Waals surface area contributed by atoms with Crippen molar-refractivity contribution in [2.45, 2.75) is 280 Å². The number of carbonyl (C=O) groups is 5. The number of hydrogen-bond acceptors (Lipinski definition) is 41. The van der Waals surface area contributed by atoms with Crippen molar-refractivity contribution in [3.05, 3.63) is 0 Å². The first-order valence-electron chi connectivity index (χ1n) is 33.1. The van der Waals surface area contributed by atoms with E-state index in [-0.39, 0.29) is 0 Å². The highest BCUT2D eigenvalue weighted by Crippen LogP contribution is 2.39. The fourth-order valence-electron chi connectivity index (χ4n) is 13.4. The zero-order valence-electron chi connectivity index (χ0n) is 56.3. The van der Waals surface area contributed by atoms with Crippen LogP contribution in [0.15, 0.2) is 0 Å². The van der Waals surface area contributed by atoms with Crippen LogP contribution in [0.2, 0.25) is 0 Å². The average molecular weight is 1520 g/mol. The minimum Gasteiger partial charge on any atom is -0.394 e. The maximum atomic E-state index is 13.1. The van der Waals surface area contributed by atoms with Crippen molar-refractivity contribution < 1.29 is 202 Å². The van der Waals surface area contributed by atoms with E-state index in [9.17, 15) is 131 Å². The highest BCUT2D eigenvalue weighted by molar-refractivity contribution is 5.75. The number of aliphatic hydroxyl groups excluding tert-OH is 21. The molecule has 8 heterocycles. The predicted molar refractivity (Wildman–Crippen MR) is 322 cm³/mol. The number of aliphatic hydroxyl groups is 21. The number of hydrogen-bond donors (Lipinski definition) is 26. The van der Waals surface area contributed by atoms with Crippen LogP contribution in [0.1, 0.15) is 34.6 Å². The molecule has 5 amide bonds. The van der Waals surface area contributed by atoms with E-state index in [0.29, 0.717) is 0 Å². The Hall–Kier alpha value is -4.09. The van der Waals surface area contributed by atoms with Crippen LogP contribution in [0.25, 0.3) is 0 Å². The lowest BCUT2D eigenvalue weighted by atomic mass is 9.93. The quantitative estimate of drug-likeness (QED) is 0.0363. The van der Waals surface area contributed by atoms with Crippen LogP contribution in [0.3, 0.4) is 0 Å². The number of nitrogens with one attached hydrogen (secondary N) is 5. The zero-order valence-corrected chi connectivity index (χ0v) is 56.3. The molecule has 600 valence electrons. The number of amides is 5. The van der Waals surface area contributed by atoms with Crippen molar-refractivity contribution in [2.75, 3.05) is 52.9 Å². The summed E-state index contributed by atoms with van der Waals surface area (Å²) < 4.78 is 88.4. The van der Waals surface area contributed by atoms with Crippen LogP contribution in [0, 0.1) is 0 Å². The molecule has 46 nitrogen and oxygen atoms in total. The lowest BCUT2D eigenvalue weighted by Crippen LogP contribution is -2.71. The maximum Gasteiger partial charge on any atom is 0.217 e. The molecule has 104 heavy (non-hydrogen) atoms. The average Bonchev–Trinajstić information content (AvgIpc) is 0.775. The van der Waals surface area contributed by atoms with E-state index in [2.05, 4.69) is 26.6 Å². The third-order valence-corrected chi connectivity index (χ3v) is 18.6. The molecule has 0 bridgehead atoms. The zero-order chi connectivity index (χ0) is 76.8. The standard InChI is InChI=1S/C58H97N5O41/c1-14(71)59-27-37(81)32(76)19(6-64)92-53(27)99-45-24(11-69)96-55(29(39(45)83)61-16(3)73)104-50-36(80)26(13-90-52-28(60-15(2)72)38(82)46(23(10-68)95-52)100-56-42(86)41(85)33(77)20(7-65)93-56)98-58(44(50)88)101-47-25(12-70)97-54(30(40(47)84)62-17(4)74)103-49-35(79)22(9-67)94-57(43(49)87)102-48-31(63-18(5)75)51(89)91-21(8-66)34(48)78/h19-58,64-70,76-89H,6-13H2,1-5H3,(H,59,71)(H,60,72)(H,61,73)(H,62,74)(H,63,75)/t19-,20-,21-,22-,23-,24-,25-,26-,27-,28-,29-,30-,31-,32-,33+,34+,35+,36+,37-,38-,39-,40-,41+,42-,43-,44-,45-,46-,47-,48-,49+,50+,51+,52-,53+,54+,55+,56+,57+,58+/m1/s1. The Balaban J connectivity index is 1.11. The van der Waals surface area contributed by atoms with Gasteiger partial charge in [0.05, 0.1) is 52.9 Å². The number of carbonyl (C=O) groups excluding carboxylic acids is 5. The molecule has 46 heteroatoms.